The number of amides is 1. The fourth-order valence-corrected chi connectivity index (χ4v) is 4.32. The van der Waals surface area contributed by atoms with Gasteiger partial charge in [0.25, 0.3) is 5.91 Å². The molecule has 4 rings (SSSR count). The van der Waals surface area contributed by atoms with Crippen molar-refractivity contribution in [3.8, 4) is 11.5 Å². The monoisotopic (exact) mass is 385 g/mol. The van der Waals surface area contributed by atoms with Gasteiger partial charge in [-0.05, 0) is 12.5 Å². The Labute approximate surface area is 162 Å². The summed E-state index contributed by atoms with van der Waals surface area (Å²) in [4.78, 5) is 27.0. The number of aromatic nitrogens is 2. The van der Waals surface area contributed by atoms with Crippen molar-refractivity contribution in [3.63, 3.8) is 0 Å². The molecule has 3 heterocycles. The van der Waals surface area contributed by atoms with Crippen molar-refractivity contribution in [2.45, 2.75) is 25.7 Å². The van der Waals surface area contributed by atoms with Crippen LogP contribution in [0.25, 0.3) is 0 Å². The van der Waals surface area contributed by atoms with Gasteiger partial charge in [0, 0.05) is 30.3 Å². The molecule has 2 aliphatic rings. The molecule has 0 unspecified atom stereocenters. The van der Waals surface area contributed by atoms with Gasteiger partial charge in [-0.2, -0.15) is 5.10 Å². The van der Waals surface area contributed by atoms with E-state index >= 15 is 0 Å². The van der Waals surface area contributed by atoms with E-state index in [0.29, 0.717) is 30.0 Å². The van der Waals surface area contributed by atoms with Gasteiger partial charge in [-0.15, -0.1) is 0 Å². The number of ether oxygens (including phenoxy) is 2. The van der Waals surface area contributed by atoms with Gasteiger partial charge in [0.1, 0.15) is 12.0 Å². The molecule has 1 amide bonds. The van der Waals surface area contributed by atoms with Gasteiger partial charge in [-0.1, -0.05) is 25.5 Å². The van der Waals surface area contributed by atoms with E-state index in [1.807, 2.05) is 19.1 Å². The van der Waals surface area contributed by atoms with Crippen molar-refractivity contribution in [2.75, 3.05) is 26.8 Å². The molecule has 2 N–H and O–H groups in total. The van der Waals surface area contributed by atoms with Crippen LogP contribution in [0.2, 0.25) is 0 Å². The zero-order chi connectivity index (χ0) is 19.9. The summed E-state index contributed by atoms with van der Waals surface area (Å²) < 4.78 is 11.2. The highest BCUT2D eigenvalue weighted by Gasteiger charge is 2.58. The molecule has 1 fully saturated rings. The van der Waals surface area contributed by atoms with Crippen LogP contribution in [-0.2, 0) is 11.2 Å². The minimum atomic E-state index is -1.18. The molecule has 0 spiro atoms. The fourth-order valence-electron chi connectivity index (χ4n) is 4.32. The largest absolute Gasteiger partial charge is 0.493 e. The summed E-state index contributed by atoms with van der Waals surface area (Å²) in [6.07, 6.45) is 3.12. The first-order chi connectivity index (χ1) is 13.5. The third-order valence-corrected chi connectivity index (χ3v) is 5.78. The molecule has 2 aliphatic heterocycles. The Morgan fingerprint density at radius 1 is 1.46 bits per heavy atom. The summed E-state index contributed by atoms with van der Waals surface area (Å²) in [5, 5.41) is 16.9. The maximum Gasteiger partial charge on any atom is 0.315 e. The molecular weight excluding hydrogens is 362 g/mol. The van der Waals surface area contributed by atoms with Crippen molar-refractivity contribution < 1.29 is 24.2 Å². The van der Waals surface area contributed by atoms with Crippen molar-refractivity contribution in [2.24, 2.45) is 5.41 Å². The van der Waals surface area contributed by atoms with Crippen LogP contribution in [-0.4, -0.2) is 58.9 Å². The fraction of sp³-hybridized carbons (Fsp3) is 0.450. The molecule has 8 nitrogen and oxygen atoms in total. The number of carbonyl (C=O) groups is 2. The zero-order valence-electron chi connectivity index (χ0n) is 15.9. The van der Waals surface area contributed by atoms with Crippen LogP contribution < -0.4 is 9.47 Å². The predicted molar refractivity (Wildman–Crippen MR) is 99.8 cm³/mol. The molecule has 1 aromatic heterocycles. The second-order valence-electron chi connectivity index (χ2n) is 7.38. The van der Waals surface area contributed by atoms with Crippen LogP contribution in [0.4, 0.5) is 0 Å². The number of benzene rings is 1. The maximum absolute atomic E-state index is 13.2. The normalized spacial score (nSPS) is 22.9. The number of para-hydroxylation sites is 1. The Hall–Kier alpha value is -3.03. The number of hydrogen-bond acceptors (Lipinski definition) is 5. The summed E-state index contributed by atoms with van der Waals surface area (Å²) in [7, 11) is 1.55. The van der Waals surface area contributed by atoms with Crippen molar-refractivity contribution >= 4 is 11.9 Å². The molecule has 1 aromatic carbocycles. The number of aromatic amines is 1. The summed E-state index contributed by atoms with van der Waals surface area (Å²) in [6, 6.07) is 5.46. The highest BCUT2D eigenvalue weighted by atomic mass is 16.5. The number of hydrogen-bond donors (Lipinski definition) is 2. The lowest BCUT2D eigenvalue weighted by Crippen LogP contribution is -2.46. The average molecular weight is 385 g/mol. The number of rotatable bonds is 5. The molecule has 0 aliphatic carbocycles. The first-order valence-corrected chi connectivity index (χ1v) is 9.36. The number of methoxy groups -OCH3 is 1. The highest BCUT2D eigenvalue weighted by molar-refractivity contribution is 5.96. The lowest BCUT2D eigenvalue weighted by Gasteiger charge is -2.36. The Morgan fingerprint density at radius 3 is 3.00 bits per heavy atom. The number of carboxylic acid groups (broad SMARTS) is 1. The van der Waals surface area contributed by atoms with Crippen LogP contribution in [0.1, 0.15) is 40.9 Å². The number of aliphatic carboxylic acids is 1. The van der Waals surface area contributed by atoms with Gasteiger partial charge in [-0.3, -0.25) is 14.7 Å². The Balaban J connectivity index is 1.71. The molecular formula is C20H23N3O5. The third-order valence-electron chi connectivity index (χ3n) is 5.78. The lowest BCUT2D eigenvalue weighted by molar-refractivity contribution is -0.151. The Morgan fingerprint density at radius 2 is 2.29 bits per heavy atom. The number of fused-ring (bicyclic) bond motifs is 3. The summed E-state index contributed by atoms with van der Waals surface area (Å²) >= 11 is 0. The number of likely N-dealkylation sites (tertiary alicyclic amines) is 1. The predicted octanol–water partition coefficient (Wildman–Crippen LogP) is 2.07. The molecule has 0 radical (unpaired) electrons. The van der Waals surface area contributed by atoms with E-state index in [2.05, 4.69) is 10.2 Å². The van der Waals surface area contributed by atoms with E-state index in [-0.39, 0.29) is 25.0 Å². The standard InChI is InChI=1S/C20H23N3O5/c1-3-5-15-13(8-21-22-15)18(24)23-9-14-12-6-4-7-16(27-2)17(12)28-11-20(14,10-23)19(25)26/h4,6-8,14H,3,5,9-11H2,1-2H3,(H,21,22)(H,25,26)/t14-,20-/m1/s1. The van der Waals surface area contributed by atoms with E-state index < -0.39 is 11.4 Å². The minimum absolute atomic E-state index is 0.00262. The van der Waals surface area contributed by atoms with Crippen LogP contribution in [0, 0.1) is 5.41 Å². The van der Waals surface area contributed by atoms with Gasteiger partial charge < -0.3 is 19.5 Å². The average Bonchev–Trinajstić information content (AvgIpc) is 3.32. The molecule has 0 saturated carbocycles. The molecule has 1 saturated heterocycles. The first-order valence-electron chi connectivity index (χ1n) is 9.36. The smallest absolute Gasteiger partial charge is 0.315 e. The number of carboxylic acids is 1. The molecule has 2 aromatic rings. The van der Waals surface area contributed by atoms with Gasteiger partial charge in [0.05, 0.1) is 18.9 Å². The van der Waals surface area contributed by atoms with Gasteiger partial charge in [0.2, 0.25) is 0 Å². The van der Waals surface area contributed by atoms with Crippen LogP contribution in [0.15, 0.2) is 24.4 Å². The topological polar surface area (TPSA) is 105 Å². The van der Waals surface area contributed by atoms with E-state index in [9.17, 15) is 14.7 Å². The zero-order valence-corrected chi connectivity index (χ0v) is 15.9. The number of aryl methyl sites for hydroxylation is 1. The second-order valence-corrected chi connectivity index (χ2v) is 7.38. The summed E-state index contributed by atoms with van der Waals surface area (Å²) in [5.74, 6) is -0.384. The van der Waals surface area contributed by atoms with Crippen molar-refractivity contribution in [1.82, 2.24) is 15.1 Å². The Kier molecular flexibility index (Phi) is 4.49. The number of H-pyrrole nitrogens is 1. The van der Waals surface area contributed by atoms with Gasteiger partial charge in [0.15, 0.2) is 11.5 Å². The van der Waals surface area contributed by atoms with Gasteiger partial charge >= 0.3 is 5.97 Å². The summed E-state index contributed by atoms with van der Waals surface area (Å²) in [6.45, 7) is 2.43. The quantitative estimate of drug-likeness (QED) is 0.816. The molecule has 8 heteroatoms. The maximum atomic E-state index is 13.2. The minimum Gasteiger partial charge on any atom is -0.493 e. The number of nitrogens with one attached hydrogen (secondary N) is 1. The molecule has 28 heavy (non-hydrogen) atoms. The van der Waals surface area contributed by atoms with Crippen LogP contribution in [0.5, 0.6) is 11.5 Å². The van der Waals surface area contributed by atoms with E-state index in [4.69, 9.17) is 9.47 Å². The van der Waals surface area contributed by atoms with Crippen molar-refractivity contribution in [1.29, 1.82) is 0 Å². The molecule has 0 bridgehead atoms. The van der Waals surface area contributed by atoms with E-state index in [0.717, 1.165) is 17.7 Å². The number of carbonyl (C=O) groups excluding carboxylic acids is 1. The number of nitrogens with zero attached hydrogens (tertiary/aromatic N) is 2. The third kappa shape index (κ3) is 2.63. The Bertz CT molecular complexity index is 924. The van der Waals surface area contributed by atoms with E-state index in [1.54, 1.807) is 18.1 Å². The van der Waals surface area contributed by atoms with E-state index in [1.165, 1.54) is 6.20 Å². The SMILES string of the molecule is CCCc1[nH]ncc1C(=O)N1C[C@@H]2c3cccc(OC)c3OC[C@]2(C(=O)O)C1. The molecule has 148 valence electrons. The van der Waals surface area contributed by atoms with Crippen molar-refractivity contribution in [3.05, 3.63) is 41.2 Å². The highest BCUT2D eigenvalue weighted by Crippen LogP contribution is 2.52. The molecule has 2 atom stereocenters. The first kappa shape index (κ1) is 18.3. The van der Waals surface area contributed by atoms with Crippen LogP contribution in [0.3, 0.4) is 0 Å². The van der Waals surface area contributed by atoms with Gasteiger partial charge in [-0.25, -0.2) is 0 Å². The second kappa shape index (κ2) is 6.85. The van der Waals surface area contributed by atoms with Crippen LogP contribution >= 0.6 is 0 Å². The summed E-state index contributed by atoms with van der Waals surface area (Å²) in [5.41, 5.74) is 0.881. The lowest BCUT2D eigenvalue weighted by atomic mass is 9.73.